The summed E-state index contributed by atoms with van der Waals surface area (Å²) in [5, 5.41) is 12.1. The summed E-state index contributed by atoms with van der Waals surface area (Å²) in [6.45, 7) is 6.52. The van der Waals surface area contributed by atoms with Gasteiger partial charge in [0.15, 0.2) is 0 Å². The van der Waals surface area contributed by atoms with Gasteiger partial charge in [-0.25, -0.2) is 0 Å². The Labute approximate surface area is 188 Å². The lowest BCUT2D eigenvalue weighted by Gasteiger charge is -2.09. The predicted molar refractivity (Wildman–Crippen MR) is 126 cm³/mol. The molecular weight excluding hydrogens is 400 g/mol. The molecule has 0 unspecified atom stereocenters. The number of ether oxygens (including phenoxy) is 2. The quantitative estimate of drug-likeness (QED) is 0.272. The van der Waals surface area contributed by atoms with Gasteiger partial charge in [0, 0.05) is 5.69 Å². The molecule has 32 heavy (non-hydrogen) atoms. The van der Waals surface area contributed by atoms with Crippen LogP contribution >= 0.6 is 0 Å². The summed E-state index contributed by atoms with van der Waals surface area (Å²) in [7, 11) is 0. The Morgan fingerprint density at radius 3 is 2.22 bits per heavy atom. The highest BCUT2D eigenvalue weighted by Gasteiger charge is 2.10. The molecule has 0 aromatic heterocycles. The van der Waals surface area contributed by atoms with Crippen molar-refractivity contribution in [1.82, 2.24) is 0 Å². The minimum absolute atomic E-state index is 0.00413. The van der Waals surface area contributed by atoms with E-state index in [0.29, 0.717) is 30.4 Å². The summed E-state index contributed by atoms with van der Waals surface area (Å²) in [4.78, 5) is 12.5. The molecule has 0 radical (unpaired) electrons. The average molecular weight is 425 g/mol. The number of rotatable bonds is 9. The number of hydrogen-bond donors (Lipinski definition) is 1. The zero-order valence-electron chi connectivity index (χ0n) is 17.9. The summed E-state index contributed by atoms with van der Waals surface area (Å²) in [6, 6.07) is 24.3. The van der Waals surface area contributed by atoms with Crippen molar-refractivity contribution in [3.8, 4) is 17.6 Å². The van der Waals surface area contributed by atoms with Gasteiger partial charge in [0.25, 0.3) is 5.91 Å². The number of hydrogen-bond acceptors (Lipinski definition) is 4. The lowest BCUT2D eigenvalue weighted by Crippen LogP contribution is -2.13. The first-order chi connectivity index (χ1) is 15.6. The van der Waals surface area contributed by atoms with E-state index in [1.54, 1.807) is 54.6 Å². The summed E-state index contributed by atoms with van der Waals surface area (Å²) in [5.41, 5.74) is 3.59. The second kappa shape index (κ2) is 11.2. The Balaban J connectivity index is 1.58. The third kappa shape index (κ3) is 6.61. The van der Waals surface area contributed by atoms with E-state index in [9.17, 15) is 10.1 Å². The van der Waals surface area contributed by atoms with Gasteiger partial charge in [0.2, 0.25) is 0 Å². The first-order valence-electron chi connectivity index (χ1n) is 10.1. The minimum Gasteiger partial charge on any atom is -0.490 e. The molecule has 0 bridgehead atoms. The van der Waals surface area contributed by atoms with Crippen LogP contribution < -0.4 is 14.8 Å². The Hall–Kier alpha value is -4.30. The molecule has 0 heterocycles. The lowest BCUT2D eigenvalue weighted by molar-refractivity contribution is -0.112. The topological polar surface area (TPSA) is 71.3 Å². The molecule has 1 N–H and O–H groups in total. The molecule has 0 aliphatic carbocycles. The van der Waals surface area contributed by atoms with Crippen molar-refractivity contribution in [2.75, 3.05) is 11.9 Å². The van der Waals surface area contributed by atoms with Gasteiger partial charge in [-0.05, 0) is 60.5 Å². The van der Waals surface area contributed by atoms with Gasteiger partial charge < -0.3 is 14.8 Å². The van der Waals surface area contributed by atoms with Crippen molar-refractivity contribution < 1.29 is 14.3 Å². The van der Waals surface area contributed by atoms with Crippen LogP contribution in [0.1, 0.15) is 16.7 Å². The molecule has 0 spiro atoms. The Bertz CT molecular complexity index is 1120. The molecule has 0 atom stereocenters. The SMILES string of the molecule is C=CCOc1ccc(/C=C(\C#N)C(=O)Nc2ccc(OCc3ccc(C)cc3)cc2)cc1. The van der Waals surface area contributed by atoms with Crippen LogP contribution in [0.5, 0.6) is 11.5 Å². The largest absolute Gasteiger partial charge is 0.490 e. The van der Waals surface area contributed by atoms with Crippen LogP contribution in [0.15, 0.2) is 91.0 Å². The van der Waals surface area contributed by atoms with Crippen LogP contribution in [0.3, 0.4) is 0 Å². The van der Waals surface area contributed by atoms with Crippen molar-refractivity contribution in [2.45, 2.75) is 13.5 Å². The van der Waals surface area contributed by atoms with E-state index in [0.717, 1.165) is 11.1 Å². The molecule has 5 heteroatoms. The highest BCUT2D eigenvalue weighted by atomic mass is 16.5. The number of nitrogens with zero attached hydrogens (tertiary/aromatic N) is 1. The van der Waals surface area contributed by atoms with E-state index < -0.39 is 5.91 Å². The van der Waals surface area contributed by atoms with Gasteiger partial charge in [-0.2, -0.15) is 5.26 Å². The Morgan fingerprint density at radius 1 is 0.969 bits per heavy atom. The number of benzene rings is 3. The second-order valence-electron chi connectivity index (χ2n) is 7.09. The van der Waals surface area contributed by atoms with Crippen LogP contribution in [-0.2, 0) is 11.4 Å². The van der Waals surface area contributed by atoms with E-state index in [4.69, 9.17) is 9.47 Å². The zero-order chi connectivity index (χ0) is 22.8. The first kappa shape index (κ1) is 22.4. The van der Waals surface area contributed by atoms with Crippen molar-refractivity contribution >= 4 is 17.7 Å². The van der Waals surface area contributed by atoms with Gasteiger partial charge in [0.05, 0.1) is 0 Å². The van der Waals surface area contributed by atoms with Gasteiger partial charge in [-0.15, -0.1) is 0 Å². The molecule has 3 rings (SSSR count). The smallest absolute Gasteiger partial charge is 0.266 e. The van der Waals surface area contributed by atoms with Crippen LogP contribution in [0, 0.1) is 18.3 Å². The standard InChI is InChI=1S/C27H24N2O3/c1-3-16-31-25-12-8-21(9-13-25)17-23(18-28)27(30)29-24-10-14-26(15-11-24)32-19-22-6-4-20(2)5-7-22/h3-15,17H,1,16,19H2,2H3,(H,29,30)/b23-17+. The molecule has 1 amide bonds. The fourth-order valence-corrected chi connectivity index (χ4v) is 2.81. The van der Waals surface area contributed by atoms with Crippen molar-refractivity contribution in [3.05, 3.63) is 108 Å². The van der Waals surface area contributed by atoms with E-state index in [2.05, 4.69) is 11.9 Å². The summed E-state index contributed by atoms with van der Waals surface area (Å²) >= 11 is 0. The van der Waals surface area contributed by atoms with E-state index in [1.165, 1.54) is 11.6 Å². The van der Waals surface area contributed by atoms with Crippen molar-refractivity contribution in [3.63, 3.8) is 0 Å². The van der Waals surface area contributed by atoms with E-state index >= 15 is 0 Å². The fourth-order valence-electron chi connectivity index (χ4n) is 2.81. The van der Waals surface area contributed by atoms with E-state index in [-0.39, 0.29) is 5.57 Å². The molecule has 0 aliphatic rings. The van der Waals surface area contributed by atoms with Crippen LogP contribution in [0.25, 0.3) is 6.08 Å². The number of amides is 1. The van der Waals surface area contributed by atoms with E-state index in [1.807, 2.05) is 37.3 Å². The number of carbonyl (C=O) groups is 1. The second-order valence-corrected chi connectivity index (χ2v) is 7.09. The molecular formula is C27H24N2O3. The monoisotopic (exact) mass is 424 g/mol. The molecule has 5 nitrogen and oxygen atoms in total. The molecule has 160 valence electrons. The number of nitriles is 1. The maximum atomic E-state index is 12.5. The molecule has 0 saturated carbocycles. The van der Waals surface area contributed by atoms with Gasteiger partial charge in [0.1, 0.15) is 36.4 Å². The average Bonchev–Trinajstić information content (AvgIpc) is 2.82. The van der Waals surface area contributed by atoms with Gasteiger partial charge >= 0.3 is 0 Å². The normalized spacial score (nSPS) is 10.7. The molecule has 0 aliphatic heterocycles. The zero-order valence-corrected chi connectivity index (χ0v) is 17.9. The minimum atomic E-state index is -0.479. The fraction of sp³-hybridized carbons (Fsp3) is 0.111. The molecule has 0 saturated heterocycles. The molecule has 3 aromatic carbocycles. The number of anilines is 1. The number of aryl methyl sites for hydroxylation is 1. The Morgan fingerprint density at radius 2 is 1.59 bits per heavy atom. The maximum Gasteiger partial charge on any atom is 0.266 e. The van der Waals surface area contributed by atoms with Crippen molar-refractivity contribution in [2.24, 2.45) is 0 Å². The molecule has 3 aromatic rings. The maximum absolute atomic E-state index is 12.5. The van der Waals surface area contributed by atoms with Crippen LogP contribution in [0.2, 0.25) is 0 Å². The molecule has 0 fully saturated rings. The van der Waals surface area contributed by atoms with Crippen molar-refractivity contribution in [1.29, 1.82) is 5.26 Å². The highest BCUT2D eigenvalue weighted by molar-refractivity contribution is 6.09. The van der Waals surface area contributed by atoms with Crippen LogP contribution in [-0.4, -0.2) is 12.5 Å². The number of carbonyl (C=O) groups excluding carboxylic acids is 1. The van der Waals surface area contributed by atoms with Crippen LogP contribution in [0.4, 0.5) is 5.69 Å². The third-order valence-corrected chi connectivity index (χ3v) is 4.56. The predicted octanol–water partition coefficient (Wildman–Crippen LogP) is 5.68. The Kier molecular flexibility index (Phi) is 7.83. The third-order valence-electron chi connectivity index (χ3n) is 4.56. The first-order valence-corrected chi connectivity index (χ1v) is 10.1. The summed E-state index contributed by atoms with van der Waals surface area (Å²) < 4.78 is 11.2. The number of nitrogens with one attached hydrogen (secondary N) is 1. The summed E-state index contributed by atoms with van der Waals surface area (Å²) in [5.74, 6) is 0.904. The highest BCUT2D eigenvalue weighted by Crippen LogP contribution is 2.19. The van der Waals surface area contributed by atoms with Gasteiger partial charge in [-0.3, -0.25) is 4.79 Å². The lowest BCUT2D eigenvalue weighted by atomic mass is 10.1. The van der Waals surface area contributed by atoms with Gasteiger partial charge in [-0.1, -0.05) is 54.6 Å². The summed E-state index contributed by atoms with van der Waals surface area (Å²) in [6.07, 6.45) is 3.19.